The van der Waals surface area contributed by atoms with Gasteiger partial charge in [-0.2, -0.15) is 0 Å². The Morgan fingerprint density at radius 3 is 2.09 bits per heavy atom. The lowest BCUT2D eigenvalue weighted by atomic mass is 9.92. The van der Waals surface area contributed by atoms with Crippen LogP contribution in [-0.2, 0) is 14.6 Å². The highest BCUT2D eigenvalue weighted by atomic mass is 32.2. The van der Waals surface area contributed by atoms with Crippen LogP contribution in [0.5, 0.6) is 0 Å². The monoisotopic (exact) mass is 337 g/mol. The summed E-state index contributed by atoms with van der Waals surface area (Å²) >= 11 is 0. The Hall–Kier alpha value is -1.36. The van der Waals surface area contributed by atoms with E-state index in [1.807, 2.05) is 0 Å². The maximum atomic E-state index is 12.4. The summed E-state index contributed by atoms with van der Waals surface area (Å²) in [5.74, 6) is 0.270. The van der Waals surface area contributed by atoms with Crippen LogP contribution >= 0.6 is 0 Å². The maximum absolute atomic E-state index is 12.4. The summed E-state index contributed by atoms with van der Waals surface area (Å²) in [5.41, 5.74) is 2.34. The van der Waals surface area contributed by atoms with Crippen molar-refractivity contribution in [3.63, 3.8) is 0 Å². The Balaban J connectivity index is 2.11. The number of hydrogen-bond donors (Lipinski definition) is 1. The maximum Gasteiger partial charge on any atom is 0.224 e. The standard InChI is InChI=1S/C18H27NO3S/c1-12(2)14-5-7-15(8-6-14)17(13(3)4)19-18(20)16-9-10-23(21,22)11-16/h5-8,12-13,16-17H,9-11H2,1-4H3,(H,19,20)/t16-,17-/m1/s1. The summed E-state index contributed by atoms with van der Waals surface area (Å²) in [5, 5.41) is 3.06. The Labute approximate surface area is 139 Å². The van der Waals surface area contributed by atoms with Gasteiger partial charge in [0.1, 0.15) is 0 Å². The molecule has 2 rings (SSSR count). The second-order valence-electron chi connectivity index (χ2n) is 7.15. The minimum atomic E-state index is -3.04. The van der Waals surface area contributed by atoms with E-state index in [2.05, 4.69) is 57.3 Å². The first-order valence-electron chi connectivity index (χ1n) is 8.30. The summed E-state index contributed by atoms with van der Waals surface area (Å²) < 4.78 is 23.1. The molecule has 5 heteroatoms. The first-order valence-corrected chi connectivity index (χ1v) is 10.1. The third-order valence-electron chi connectivity index (χ3n) is 4.53. The zero-order chi connectivity index (χ0) is 17.2. The van der Waals surface area contributed by atoms with Crippen molar-refractivity contribution in [2.75, 3.05) is 11.5 Å². The van der Waals surface area contributed by atoms with Crippen molar-refractivity contribution in [3.8, 4) is 0 Å². The number of rotatable bonds is 5. The zero-order valence-corrected chi connectivity index (χ0v) is 15.2. The average molecular weight is 337 g/mol. The molecule has 0 saturated carbocycles. The lowest BCUT2D eigenvalue weighted by Crippen LogP contribution is -2.36. The molecule has 0 aromatic heterocycles. The van der Waals surface area contributed by atoms with Crippen molar-refractivity contribution < 1.29 is 13.2 Å². The van der Waals surface area contributed by atoms with Crippen LogP contribution < -0.4 is 5.32 Å². The van der Waals surface area contributed by atoms with Crippen LogP contribution in [0, 0.1) is 11.8 Å². The number of amides is 1. The number of hydrogen-bond acceptors (Lipinski definition) is 3. The lowest BCUT2D eigenvalue weighted by Gasteiger charge is -2.25. The molecule has 2 atom stereocenters. The molecule has 0 aliphatic carbocycles. The largest absolute Gasteiger partial charge is 0.349 e. The molecule has 4 nitrogen and oxygen atoms in total. The highest BCUT2D eigenvalue weighted by Gasteiger charge is 2.34. The smallest absolute Gasteiger partial charge is 0.224 e. The predicted molar refractivity (Wildman–Crippen MR) is 93.0 cm³/mol. The van der Waals surface area contributed by atoms with E-state index in [4.69, 9.17) is 0 Å². The van der Waals surface area contributed by atoms with Gasteiger partial charge < -0.3 is 5.32 Å². The van der Waals surface area contributed by atoms with Gasteiger partial charge in [0.2, 0.25) is 5.91 Å². The van der Waals surface area contributed by atoms with Crippen LogP contribution in [0.2, 0.25) is 0 Å². The van der Waals surface area contributed by atoms with E-state index in [-0.39, 0.29) is 29.4 Å². The highest BCUT2D eigenvalue weighted by Crippen LogP contribution is 2.26. The molecule has 23 heavy (non-hydrogen) atoms. The van der Waals surface area contributed by atoms with Gasteiger partial charge in [0.15, 0.2) is 9.84 Å². The van der Waals surface area contributed by atoms with E-state index >= 15 is 0 Å². The van der Waals surface area contributed by atoms with Gasteiger partial charge in [-0.25, -0.2) is 8.42 Å². The fraction of sp³-hybridized carbons (Fsp3) is 0.611. The molecule has 1 aromatic carbocycles. The lowest BCUT2D eigenvalue weighted by molar-refractivity contribution is -0.125. The minimum Gasteiger partial charge on any atom is -0.349 e. The van der Waals surface area contributed by atoms with Crippen LogP contribution in [0.4, 0.5) is 0 Å². The Morgan fingerprint density at radius 1 is 1.09 bits per heavy atom. The second kappa shape index (κ2) is 7.04. The Kier molecular flexibility index (Phi) is 5.50. The van der Waals surface area contributed by atoms with Gasteiger partial charge in [-0.15, -0.1) is 0 Å². The molecule has 1 aliphatic rings. The van der Waals surface area contributed by atoms with Gasteiger partial charge in [0.25, 0.3) is 0 Å². The summed E-state index contributed by atoms with van der Waals surface area (Å²) in [6.07, 6.45) is 0.436. The van der Waals surface area contributed by atoms with Crippen molar-refractivity contribution >= 4 is 15.7 Å². The minimum absolute atomic E-state index is 0.0179. The summed E-state index contributed by atoms with van der Waals surface area (Å²) in [7, 11) is -3.04. The van der Waals surface area contributed by atoms with Crippen molar-refractivity contribution in [2.45, 2.75) is 46.1 Å². The Morgan fingerprint density at radius 2 is 1.65 bits per heavy atom. The topological polar surface area (TPSA) is 63.2 Å². The van der Waals surface area contributed by atoms with Crippen molar-refractivity contribution in [1.82, 2.24) is 5.32 Å². The molecule has 1 amide bonds. The molecule has 128 valence electrons. The molecular formula is C18H27NO3S. The van der Waals surface area contributed by atoms with E-state index in [0.29, 0.717) is 12.3 Å². The summed E-state index contributed by atoms with van der Waals surface area (Å²) in [6.45, 7) is 8.42. The van der Waals surface area contributed by atoms with Crippen molar-refractivity contribution in [3.05, 3.63) is 35.4 Å². The van der Waals surface area contributed by atoms with E-state index in [1.54, 1.807) is 0 Å². The van der Waals surface area contributed by atoms with Crippen LogP contribution in [0.15, 0.2) is 24.3 Å². The van der Waals surface area contributed by atoms with Crippen LogP contribution in [0.25, 0.3) is 0 Å². The number of benzene rings is 1. The van der Waals surface area contributed by atoms with Gasteiger partial charge in [-0.3, -0.25) is 4.79 Å². The molecule has 1 aliphatic heterocycles. The van der Waals surface area contributed by atoms with E-state index in [0.717, 1.165) is 5.56 Å². The Bertz CT molecular complexity index is 647. The van der Waals surface area contributed by atoms with E-state index < -0.39 is 15.8 Å². The number of nitrogens with one attached hydrogen (secondary N) is 1. The SMILES string of the molecule is CC(C)c1ccc([C@H](NC(=O)[C@@H]2CCS(=O)(=O)C2)C(C)C)cc1. The summed E-state index contributed by atoms with van der Waals surface area (Å²) in [6, 6.07) is 8.23. The molecule has 0 bridgehead atoms. The van der Waals surface area contributed by atoms with Gasteiger partial charge in [0.05, 0.1) is 23.5 Å². The third-order valence-corrected chi connectivity index (χ3v) is 6.30. The molecule has 0 spiro atoms. The first kappa shape index (κ1) is 18.0. The van der Waals surface area contributed by atoms with Crippen molar-refractivity contribution in [2.24, 2.45) is 11.8 Å². The van der Waals surface area contributed by atoms with Gasteiger partial charge in [-0.05, 0) is 29.4 Å². The molecule has 1 N–H and O–H groups in total. The number of sulfone groups is 1. The van der Waals surface area contributed by atoms with E-state index in [1.165, 1.54) is 5.56 Å². The van der Waals surface area contributed by atoms with Gasteiger partial charge in [0, 0.05) is 0 Å². The zero-order valence-electron chi connectivity index (χ0n) is 14.4. The highest BCUT2D eigenvalue weighted by molar-refractivity contribution is 7.91. The van der Waals surface area contributed by atoms with Crippen molar-refractivity contribution in [1.29, 1.82) is 0 Å². The molecule has 0 unspecified atom stereocenters. The number of carbonyl (C=O) groups is 1. The predicted octanol–water partition coefficient (Wildman–Crippen LogP) is 3.06. The average Bonchev–Trinajstić information content (AvgIpc) is 2.84. The third kappa shape index (κ3) is 4.56. The molecule has 0 radical (unpaired) electrons. The normalized spacial score (nSPS) is 21.6. The molecule has 1 fully saturated rings. The van der Waals surface area contributed by atoms with E-state index in [9.17, 15) is 13.2 Å². The fourth-order valence-electron chi connectivity index (χ4n) is 3.00. The number of carbonyl (C=O) groups excluding carboxylic acids is 1. The molecule has 1 heterocycles. The fourth-order valence-corrected chi connectivity index (χ4v) is 4.74. The first-order chi connectivity index (χ1) is 10.7. The van der Waals surface area contributed by atoms with Crippen LogP contribution in [0.3, 0.4) is 0 Å². The summed E-state index contributed by atoms with van der Waals surface area (Å²) in [4.78, 5) is 12.4. The van der Waals surface area contributed by atoms with Crippen LogP contribution in [0.1, 0.15) is 57.2 Å². The second-order valence-corrected chi connectivity index (χ2v) is 9.38. The molecule has 1 saturated heterocycles. The molecule has 1 aromatic rings. The van der Waals surface area contributed by atoms with Gasteiger partial charge >= 0.3 is 0 Å². The van der Waals surface area contributed by atoms with Gasteiger partial charge in [-0.1, -0.05) is 52.0 Å². The molecular weight excluding hydrogens is 310 g/mol. The van der Waals surface area contributed by atoms with Crippen LogP contribution in [-0.4, -0.2) is 25.8 Å². The quantitative estimate of drug-likeness (QED) is 0.898.